The Labute approximate surface area is 104 Å². The van der Waals surface area contributed by atoms with Crippen LogP contribution in [0.25, 0.3) is 0 Å². The van der Waals surface area contributed by atoms with Gasteiger partial charge in [0.15, 0.2) is 0 Å². The number of benzene rings is 1. The highest BCUT2D eigenvalue weighted by Crippen LogP contribution is 2.31. The van der Waals surface area contributed by atoms with Crippen LogP contribution in [-0.4, -0.2) is 11.4 Å². The molecular formula is C12H15BrN2O. The van der Waals surface area contributed by atoms with Gasteiger partial charge >= 0.3 is 0 Å². The van der Waals surface area contributed by atoms with Crippen LogP contribution in [0.3, 0.4) is 0 Å². The molecule has 0 unspecified atom stereocenters. The van der Waals surface area contributed by atoms with Gasteiger partial charge in [0, 0.05) is 15.7 Å². The number of carbonyl (C=O) groups excluding carboxylic acids is 1. The van der Waals surface area contributed by atoms with E-state index in [4.69, 9.17) is 5.73 Å². The summed E-state index contributed by atoms with van der Waals surface area (Å²) >= 11 is 3.34. The first-order valence-electron chi connectivity index (χ1n) is 5.38. The molecule has 3 nitrogen and oxygen atoms in total. The molecule has 1 saturated carbocycles. The molecule has 1 fully saturated rings. The first-order chi connectivity index (χ1) is 7.50. The molecule has 0 aromatic heterocycles. The van der Waals surface area contributed by atoms with Gasteiger partial charge in [0.2, 0.25) is 0 Å². The number of anilines is 1. The Kier molecular flexibility index (Phi) is 2.93. The summed E-state index contributed by atoms with van der Waals surface area (Å²) in [7, 11) is 0. The molecule has 1 aliphatic rings. The third-order valence-electron chi connectivity index (χ3n) is 3.13. The normalized spacial score (nSPS) is 17.6. The van der Waals surface area contributed by atoms with Crippen LogP contribution in [0.1, 0.15) is 36.5 Å². The van der Waals surface area contributed by atoms with Crippen molar-refractivity contribution in [3.63, 3.8) is 0 Å². The molecule has 1 aromatic rings. The number of halogens is 1. The van der Waals surface area contributed by atoms with Crippen LogP contribution >= 0.6 is 15.9 Å². The average Bonchev–Trinajstić information content (AvgIpc) is 2.19. The maximum Gasteiger partial charge on any atom is 0.253 e. The predicted molar refractivity (Wildman–Crippen MR) is 68.3 cm³/mol. The van der Waals surface area contributed by atoms with Gasteiger partial charge in [0.05, 0.1) is 5.56 Å². The minimum absolute atomic E-state index is 0.0359. The number of nitrogens with one attached hydrogen (secondary N) is 1. The van der Waals surface area contributed by atoms with Gasteiger partial charge in [0.25, 0.3) is 5.91 Å². The first kappa shape index (κ1) is 11.5. The van der Waals surface area contributed by atoms with E-state index in [1.807, 2.05) is 6.07 Å². The van der Waals surface area contributed by atoms with E-state index < -0.39 is 0 Å². The zero-order valence-electron chi connectivity index (χ0n) is 9.22. The van der Waals surface area contributed by atoms with Crippen molar-refractivity contribution < 1.29 is 4.79 Å². The Morgan fingerprint density at radius 3 is 2.75 bits per heavy atom. The second kappa shape index (κ2) is 4.09. The molecule has 0 bridgehead atoms. The van der Waals surface area contributed by atoms with Crippen molar-refractivity contribution in [3.8, 4) is 0 Å². The highest BCUT2D eigenvalue weighted by Gasteiger charge is 2.33. The van der Waals surface area contributed by atoms with E-state index in [9.17, 15) is 4.79 Å². The van der Waals surface area contributed by atoms with Gasteiger partial charge in [-0.2, -0.15) is 0 Å². The summed E-state index contributed by atoms with van der Waals surface area (Å²) in [5, 5.41) is 3.04. The lowest BCUT2D eigenvalue weighted by Crippen LogP contribution is -2.51. The zero-order chi connectivity index (χ0) is 11.8. The number of amides is 1. The first-order valence-corrected chi connectivity index (χ1v) is 6.17. The summed E-state index contributed by atoms with van der Waals surface area (Å²) in [5.74, 6) is -0.0824. The summed E-state index contributed by atoms with van der Waals surface area (Å²) in [4.78, 5) is 12.0. The molecule has 0 heterocycles. The fraction of sp³-hybridized carbons (Fsp3) is 0.417. The Bertz CT molecular complexity index is 427. The molecule has 3 N–H and O–H groups in total. The average molecular weight is 283 g/mol. The fourth-order valence-corrected chi connectivity index (χ4v) is 2.26. The van der Waals surface area contributed by atoms with Crippen molar-refractivity contribution in [3.05, 3.63) is 28.2 Å². The Morgan fingerprint density at radius 2 is 2.19 bits per heavy atom. The Balaban J connectivity index is 2.17. The third kappa shape index (κ3) is 2.21. The number of hydrogen-bond donors (Lipinski definition) is 2. The molecule has 1 aliphatic carbocycles. The van der Waals surface area contributed by atoms with Crippen LogP contribution in [-0.2, 0) is 0 Å². The van der Waals surface area contributed by atoms with Crippen molar-refractivity contribution in [2.24, 2.45) is 0 Å². The van der Waals surface area contributed by atoms with E-state index in [0.717, 1.165) is 17.3 Å². The van der Waals surface area contributed by atoms with Crippen molar-refractivity contribution in [1.82, 2.24) is 5.32 Å². The summed E-state index contributed by atoms with van der Waals surface area (Å²) in [6.45, 7) is 2.07. The third-order valence-corrected chi connectivity index (χ3v) is 3.63. The number of carbonyl (C=O) groups is 1. The van der Waals surface area contributed by atoms with E-state index in [2.05, 4.69) is 28.2 Å². The van der Waals surface area contributed by atoms with Crippen LogP contribution < -0.4 is 11.1 Å². The predicted octanol–water partition coefficient (Wildman–Crippen LogP) is 2.70. The van der Waals surface area contributed by atoms with Crippen LogP contribution in [0, 0.1) is 0 Å². The number of nitrogen functional groups attached to an aromatic ring is 1. The van der Waals surface area contributed by atoms with Gasteiger partial charge in [-0.25, -0.2) is 0 Å². The van der Waals surface area contributed by atoms with Gasteiger partial charge in [0.1, 0.15) is 0 Å². The lowest BCUT2D eigenvalue weighted by molar-refractivity contribution is 0.0851. The van der Waals surface area contributed by atoms with E-state index >= 15 is 0 Å². The van der Waals surface area contributed by atoms with Gasteiger partial charge < -0.3 is 11.1 Å². The van der Waals surface area contributed by atoms with Gasteiger partial charge in [-0.05, 0) is 44.4 Å². The van der Waals surface area contributed by atoms with Crippen LogP contribution in [0.4, 0.5) is 5.69 Å². The number of hydrogen-bond acceptors (Lipinski definition) is 2. The quantitative estimate of drug-likeness (QED) is 0.820. The number of nitrogens with two attached hydrogens (primary N) is 1. The zero-order valence-corrected chi connectivity index (χ0v) is 10.8. The van der Waals surface area contributed by atoms with Crippen LogP contribution in [0.2, 0.25) is 0 Å². The lowest BCUT2D eigenvalue weighted by Gasteiger charge is -2.39. The standard InChI is InChI=1S/C12H15BrN2O/c1-12(5-2-6-12)15-11(16)9-7-8(13)3-4-10(9)14/h3-4,7H,2,5-6,14H2,1H3,(H,15,16). The van der Waals surface area contributed by atoms with Crippen LogP contribution in [0.5, 0.6) is 0 Å². The minimum Gasteiger partial charge on any atom is -0.398 e. The highest BCUT2D eigenvalue weighted by molar-refractivity contribution is 9.10. The molecule has 2 rings (SSSR count). The van der Waals surface area contributed by atoms with Gasteiger partial charge in [-0.15, -0.1) is 0 Å². The maximum absolute atomic E-state index is 12.0. The van der Waals surface area contributed by atoms with Crippen LogP contribution in [0.15, 0.2) is 22.7 Å². The lowest BCUT2D eigenvalue weighted by atomic mass is 9.78. The van der Waals surface area contributed by atoms with Crippen molar-refractivity contribution >= 4 is 27.5 Å². The molecule has 0 spiro atoms. The molecule has 1 aromatic carbocycles. The number of rotatable bonds is 2. The molecular weight excluding hydrogens is 268 g/mol. The van der Waals surface area contributed by atoms with Gasteiger partial charge in [-0.3, -0.25) is 4.79 Å². The Morgan fingerprint density at radius 1 is 1.50 bits per heavy atom. The largest absolute Gasteiger partial charge is 0.398 e. The molecule has 4 heteroatoms. The molecule has 0 radical (unpaired) electrons. The minimum atomic E-state index is -0.0824. The van der Waals surface area contributed by atoms with Crippen molar-refractivity contribution in [2.75, 3.05) is 5.73 Å². The monoisotopic (exact) mass is 282 g/mol. The summed E-state index contributed by atoms with van der Waals surface area (Å²) in [5.41, 5.74) is 6.81. The second-order valence-electron chi connectivity index (χ2n) is 4.60. The van der Waals surface area contributed by atoms with E-state index in [1.165, 1.54) is 6.42 Å². The van der Waals surface area contributed by atoms with Crippen molar-refractivity contribution in [1.29, 1.82) is 0 Å². The summed E-state index contributed by atoms with van der Waals surface area (Å²) in [6, 6.07) is 5.33. The molecule has 0 saturated heterocycles. The van der Waals surface area contributed by atoms with Crippen molar-refractivity contribution in [2.45, 2.75) is 31.7 Å². The van der Waals surface area contributed by atoms with E-state index in [-0.39, 0.29) is 11.4 Å². The summed E-state index contributed by atoms with van der Waals surface area (Å²) in [6.07, 6.45) is 3.28. The fourth-order valence-electron chi connectivity index (χ4n) is 1.90. The molecule has 0 aliphatic heterocycles. The molecule has 16 heavy (non-hydrogen) atoms. The SMILES string of the molecule is CC1(NC(=O)c2cc(Br)ccc2N)CCC1. The second-order valence-corrected chi connectivity index (χ2v) is 5.52. The smallest absolute Gasteiger partial charge is 0.253 e. The molecule has 0 atom stereocenters. The topological polar surface area (TPSA) is 55.1 Å². The molecule has 86 valence electrons. The summed E-state index contributed by atoms with van der Waals surface area (Å²) < 4.78 is 0.866. The van der Waals surface area contributed by atoms with Gasteiger partial charge in [-0.1, -0.05) is 15.9 Å². The van der Waals surface area contributed by atoms with E-state index in [1.54, 1.807) is 12.1 Å². The Hall–Kier alpha value is -1.03. The van der Waals surface area contributed by atoms with E-state index in [0.29, 0.717) is 11.3 Å². The molecule has 1 amide bonds. The highest BCUT2D eigenvalue weighted by atomic mass is 79.9. The maximum atomic E-state index is 12.0.